The van der Waals surface area contributed by atoms with Crippen molar-refractivity contribution in [3.8, 4) is 0 Å². The molecule has 1 rings (SSSR count). The van der Waals surface area contributed by atoms with Crippen molar-refractivity contribution in [2.45, 2.75) is 358 Å². The van der Waals surface area contributed by atoms with Gasteiger partial charge in [0.25, 0.3) is 0 Å². The van der Waals surface area contributed by atoms with E-state index in [0.29, 0.717) is 6.42 Å². The quantitative estimate of drug-likeness (QED) is 0.0261. The lowest BCUT2D eigenvalue weighted by atomic mass is 9.99. The second kappa shape index (κ2) is 56.4. The first kappa shape index (κ1) is 72.2. The summed E-state index contributed by atoms with van der Waals surface area (Å²) in [6, 6.07) is -0.828. The second-order valence-corrected chi connectivity index (χ2v) is 22.9. The van der Waals surface area contributed by atoms with E-state index < -0.39 is 49.5 Å². The van der Waals surface area contributed by atoms with Gasteiger partial charge in [-0.05, 0) is 70.6 Å². The van der Waals surface area contributed by atoms with Gasteiger partial charge in [0, 0.05) is 6.42 Å². The smallest absolute Gasteiger partial charge is 0.220 e. The van der Waals surface area contributed by atoms with E-state index in [-0.39, 0.29) is 12.5 Å². The number of rotatable bonds is 57. The summed E-state index contributed by atoms with van der Waals surface area (Å²) < 4.78 is 11.3. The van der Waals surface area contributed by atoms with Crippen LogP contribution < -0.4 is 5.32 Å². The zero-order valence-corrected chi connectivity index (χ0v) is 49.8. The first-order valence-corrected chi connectivity index (χ1v) is 32.9. The molecule has 0 aromatic heterocycles. The van der Waals surface area contributed by atoms with Crippen LogP contribution in [0.25, 0.3) is 0 Å². The third-order valence-corrected chi connectivity index (χ3v) is 15.6. The van der Waals surface area contributed by atoms with Gasteiger partial charge in [0.1, 0.15) is 24.4 Å². The summed E-state index contributed by atoms with van der Waals surface area (Å²) in [4.78, 5) is 13.1. The van der Waals surface area contributed by atoms with E-state index >= 15 is 0 Å². The van der Waals surface area contributed by atoms with Gasteiger partial charge in [-0.15, -0.1) is 0 Å². The largest absolute Gasteiger partial charge is 0.394 e. The van der Waals surface area contributed by atoms with Gasteiger partial charge in [0.05, 0.1) is 25.4 Å². The average Bonchev–Trinajstić information content (AvgIpc) is 3.42. The molecule has 1 aliphatic heterocycles. The molecule has 446 valence electrons. The van der Waals surface area contributed by atoms with Crippen LogP contribution in [0.15, 0.2) is 48.6 Å². The fourth-order valence-corrected chi connectivity index (χ4v) is 10.4. The van der Waals surface area contributed by atoms with Crippen LogP contribution in [0.1, 0.15) is 316 Å². The molecule has 7 unspecified atom stereocenters. The number of amides is 1. The molecule has 0 aromatic rings. The number of carbonyl (C=O) groups excluding carboxylic acids is 1. The molecule has 7 atom stereocenters. The Morgan fingerprint density at radius 1 is 0.434 bits per heavy atom. The van der Waals surface area contributed by atoms with Crippen LogP contribution in [0.2, 0.25) is 0 Å². The Morgan fingerprint density at radius 2 is 0.750 bits per heavy atom. The Morgan fingerprint density at radius 3 is 1.11 bits per heavy atom. The van der Waals surface area contributed by atoms with Gasteiger partial charge < -0.3 is 40.3 Å². The van der Waals surface area contributed by atoms with Gasteiger partial charge in [0.15, 0.2) is 6.29 Å². The third-order valence-electron chi connectivity index (χ3n) is 15.6. The Balaban J connectivity index is 2.08. The monoisotopic (exact) mass is 1070 g/mol. The van der Waals surface area contributed by atoms with E-state index in [1.165, 1.54) is 244 Å². The number of carbonyl (C=O) groups is 1. The van der Waals surface area contributed by atoms with Crippen LogP contribution in [0.4, 0.5) is 0 Å². The molecule has 0 aliphatic carbocycles. The molecular weight excluding hydrogens is 947 g/mol. The maximum Gasteiger partial charge on any atom is 0.220 e. The molecular formula is C67H125NO8. The summed E-state index contributed by atoms with van der Waals surface area (Å²) in [6.45, 7) is 3.78. The molecule has 0 bridgehead atoms. The number of nitrogens with one attached hydrogen (secondary N) is 1. The zero-order chi connectivity index (χ0) is 55.0. The molecule has 9 heteroatoms. The predicted octanol–water partition coefficient (Wildman–Crippen LogP) is 17.2. The van der Waals surface area contributed by atoms with Gasteiger partial charge in [-0.1, -0.05) is 287 Å². The highest BCUT2D eigenvalue weighted by molar-refractivity contribution is 5.76. The van der Waals surface area contributed by atoms with Crippen molar-refractivity contribution in [2.75, 3.05) is 13.2 Å². The Hall–Kier alpha value is -1.85. The average molecular weight is 1070 g/mol. The number of hydrogen-bond donors (Lipinski definition) is 6. The van der Waals surface area contributed by atoms with Gasteiger partial charge in [-0.25, -0.2) is 0 Å². The molecule has 0 saturated carbocycles. The van der Waals surface area contributed by atoms with E-state index in [2.05, 4.69) is 55.6 Å². The molecule has 76 heavy (non-hydrogen) atoms. The number of hydrogen-bond acceptors (Lipinski definition) is 8. The van der Waals surface area contributed by atoms with Crippen LogP contribution >= 0.6 is 0 Å². The minimum atomic E-state index is -1.57. The summed E-state index contributed by atoms with van der Waals surface area (Å²) in [5.41, 5.74) is 0. The minimum Gasteiger partial charge on any atom is -0.394 e. The molecule has 1 saturated heterocycles. The predicted molar refractivity (Wildman–Crippen MR) is 323 cm³/mol. The van der Waals surface area contributed by atoms with Crippen molar-refractivity contribution in [1.29, 1.82) is 0 Å². The topological polar surface area (TPSA) is 149 Å². The van der Waals surface area contributed by atoms with E-state index in [0.717, 1.165) is 51.4 Å². The summed E-state index contributed by atoms with van der Waals surface area (Å²) >= 11 is 0. The van der Waals surface area contributed by atoms with Gasteiger partial charge in [-0.2, -0.15) is 0 Å². The van der Waals surface area contributed by atoms with Crippen LogP contribution in [0, 0.1) is 0 Å². The second-order valence-electron chi connectivity index (χ2n) is 22.9. The molecule has 1 heterocycles. The van der Waals surface area contributed by atoms with Gasteiger partial charge in [0.2, 0.25) is 5.91 Å². The SMILES string of the molecule is CCCCCCCC/C=C/CC/C=C/CC/C=C/C(O)C(COC1OC(CO)C(O)C(O)C1O)NC(=O)CCCCCCCCCCCCCCCCCCC/C=C\CCCCCCCCCCCCCCCCCC. The molecule has 0 radical (unpaired) electrons. The number of ether oxygens (including phenoxy) is 2. The van der Waals surface area contributed by atoms with Crippen molar-refractivity contribution < 1.29 is 39.8 Å². The molecule has 1 fully saturated rings. The van der Waals surface area contributed by atoms with E-state index in [1.807, 2.05) is 6.08 Å². The normalized spacial score (nSPS) is 19.1. The van der Waals surface area contributed by atoms with Crippen LogP contribution in [-0.4, -0.2) is 87.5 Å². The van der Waals surface area contributed by atoms with Gasteiger partial charge in [-0.3, -0.25) is 4.79 Å². The third kappa shape index (κ3) is 44.9. The lowest BCUT2D eigenvalue weighted by Crippen LogP contribution is -2.60. The molecule has 1 aliphatic rings. The Bertz CT molecular complexity index is 1340. The van der Waals surface area contributed by atoms with Crippen molar-refractivity contribution in [2.24, 2.45) is 0 Å². The number of aliphatic hydroxyl groups is 5. The standard InChI is InChI=1S/C67H125NO8/c1-3-5-7-9-11-13-15-17-19-21-22-23-24-25-26-27-28-29-30-31-32-33-34-35-36-37-38-39-40-41-43-45-47-49-51-53-55-57-63(71)68-60(59-75-67-66(74)65(73)64(72)62(58-69)76-67)61(70)56-54-52-50-48-46-44-42-20-18-16-14-12-10-8-6-4-2/h18,20,29-30,46,48,54,56,60-62,64-67,69-70,72-74H,3-17,19,21-28,31-45,47,49-53,55,57-59H2,1-2H3,(H,68,71)/b20-18+,30-29-,48-46+,56-54+. The van der Waals surface area contributed by atoms with E-state index in [1.54, 1.807) is 6.08 Å². The van der Waals surface area contributed by atoms with Crippen molar-refractivity contribution in [3.05, 3.63) is 48.6 Å². The summed E-state index contributed by atoms with van der Waals surface area (Å²) in [7, 11) is 0. The summed E-state index contributed by atoms with van der Waals surface area (Å²) in [5.74, 6) is -0.187. The van der Waals surface area contributed by atoms with E-state index in [4.69, 9.17) is 9.47 Å². The van der Waals surface area contributed by atoms with E-state index in [9.17, 15) is 30.3 Å². The molecule has 0 spiro atoms. The molecule has 9 nitrogen and oxygen atoms in total. The fourth-order valence-electron chi connectivity index (χ4n) is 10.4. The first-order valence-electron chi connectivity index (χ1n) is 32.9. The molecule has 6 N–H and O–H groups in total. The summed E-state index contributed by atoms with van der Waals surface area (Å²) in [6.07, 6.45) is 69.4. The van der Waals surface area contributed by atoms with Crippen LogP contribution in [-0.2, 0) is 14.3 Å². The highest BCUT2D eigenvalue weighted by Crippen LogP contribution is 2.23. The summed E-state index contributed by atoms with van der Waals surface area (Å²) in [5, 5.41) is 54.5. The Kier molecular flexibility index (Phi) is 53.6. The Labute approximate surface area is 469 Å². The maximum atomic E-state index is 13.1. The highest BCUT2D eigenvalue weighted by atomic mass is 16.7. The number of aliphatic hydroxyl groups excluding tert-OH is 5. The number of allylic oxidation sites excluding steroid dienone is 7. The molecule has 0 aromatic carbocycles. The number of unbranched alkanes of at least 4 members (excludes halogenated alkanes) is 41. The van der Waals surface area contributed by atoms with Crippen molar-refractivity contribution in [1.82, 2.24) is 5.32 Å². The lowest BCUT2D eigenvalue weighted by molar-refractivity contribution is -0.302. The lowest BCUT2D eigenvalue weighted by Gasteiger charge is -2.40. The van der Waals surface area contributed by atoms with Crippen LogP contribution in [0.5, 0.6) is 0 Å². The van der Waals surface area contributed by atoms with Crippen molar-refractivity contribution in [3.63, 3.8) is 0 Å². The maximum absolute atomic E-state index is 13.1. The van der Waals surface area contributed by atoms with Crippen molar-refractivity contribution >= 4 is 5.91 Å². The zero-order valence-electron chi connectivity index (χ0n) is 49.8. The minimum absolute atomic E-state index is 0.187. The fraction of sp³-hybridized carbons (Fsp3) is 0.866. The molecule has 1 amide bonds. The van der Waals surface area contributed by atoms with Crippen LogP contribution in [0.3, 0.4) is 0 Å². The van der Waals surface area contributed by atoms with Gasteiger partial charge >= 0.3 is 0 Å². The first-order chi connectivity index (χ1) is 37.3. The highest BCUT2D eigenvalue weighted by Gasteiger charge is 2.44.